The van der Waals surface area contributed by atoms with Crippen molar-refractivity contribution in [3.63, 3.8) is 0 Å². The van der Waals surface area contributed by atoms with Crippen LogP contribution >= 0.6 is 27.3 Å². The number of thiophene rings is 1. The Morgan fingerprint density at radius 1 is 1.50 bits per heavy atom. The van der Waals surface area contributed by atoms with Gasteiger partial charge >= 0.3 is 0 Å². The molecule has 2 unspecified atom stereocenters. The Balaban J connectivity index is 2.14. The lowest BCUT2D eigenvalue weighted by Crippen LogP contribution is -2.45. The van der Waals surface area contributed by atoms with Crippen LogP contribution in [0.2, 0.25) is 0 Å². The van der Waals surface area contributed by atoms with E-state index in [2.05, 4.69) is 28.1 Å². The summed E-state index contributed by atoms with van der Waals surface area (Å²) in [7, 11) is 0. The second-order valence-electron chi connectivity index (χ2n) is 4.71. The van der Waals surface area contributed by atoms with Crippen molar-refractivity contribution < 1.29 is 5.11 Å². The zero-order valence-corrected chi connectivity index (χ0v) is 11.7. The lowest BCUT2D eigenvalue weighted by molar-refractivity contribution is -0.00533. The molecule has 1 aliphatic carbocycles. The lowest BCUT2D eigenvalue weighted by atomic mass is 9.69. The molecule has 90 valence electrons. The second-order valence-corrected chi connectivity index (χ2v) is 7.26. The summed E-state index contributed by atoms with van der Waals surface area (Å²) in [5.74, 6) is 0. The molecule has 4 heteroatoms. The van der Waals surface area contributed by atoms with Gasteiger partial charge in [-0.1, -0.05) is 12.8 Å². The molecule has 0 aromatic carbocycles. The van der Waals surface area contributed by atoms with Crippen molar-refractivity contribution in [2.75, 3.05) is 6.54 Å². The van der Waals surface area contributed by atoms with E-state index < -0.39 is 0 Å². The summed E-state index contributed by atoms with van der Waals surface area (Å²) in [6, 6.07) is 4.20. The molecule has 0 spiro atoms. The van der Waals surface area contributed by atoms with Crippen molar-refractivity contribution in [3.8, 4) is 0 Å². The monoisotopic (exact) mass is 303 g/mol. The molecule has 1 aliphatic rings. The van der Waals surface area contributed by atoms with E-state index in [1.807, 2.05) is 0 Å². The van der Waals surface area contributed by atoms with Crippen molar-refractivity contribution in [2.45, 2.75) is 38.2 Å². The first-order valence-electron chi connectivity index (χ1n) is 5.79. The molecular formula is C12H18BrNOS. The van der Waals surface area contributed by atoms with E-state index in [0.29, 0.717) is 6.54 Å². The molecule has 3 N–H and O–H groups in total. The van der Waals surface area contributed by atoms with Crippen LogP contribution in [0.4, 0.5) is 0 Å². The molecule has 0 aliphatic heterocycles. The summed E-state index contributed by atoms with van der Waals surface area (Å²) in [5.41, 5.74) is 5.84. The van der Waals surface area contributed by atoms with Gasteiger partial charge in [-0.15, -0.1) is 11.3 Å². The Morgan fingerprint density at radius 3 is 2.88 bits per heavy atom. The first kappa shape index (κ1) is 12.6. The van der Waals surface area contributed by atoms with Crippen LogP contribution in [0.3, 0.4) is 0 Å². The molecule has 0 radical (unpaired) electrons. The third-order valence-electron chi connectivity index (χ3n) is 3.67. The average Bonchev–Trinajstić information content (AvgIpc) is 2.67. The predicted octanol–water partition coefficient (Wildman–Crippen LogP) is 2.93. The van der Waals surface area contributed by atoms with Crippen molar-refractivity contribution >= 4 is 27.3 Å². The molecule has 1 fully saturated rings. The molecule has 1 saturated carbocycles. The Hall–Kier alpha value is 0.1000. The van der Waals surface area contributed by atoms with Crippen LogP contribution in [0.1, 0.15) is 30.6 Å². The number of rotatable bonds is 3. The van der Waals surface area contributed by atoms with Gasteiger partial charge in [-0.05, 0) is 47.3 Å². The molecule has 2 atom stereocenters. The van der Waals surface area contributed by atoms with Crippen LogP contribution in [-0.4, -0.2) is 17.8 Å². The van der Waals surface area contributed by atoms with Gasteiger partial charge in [0, 0.05) is 16.8 Å². The van der Waals surface area contributed by atoms with Gasteiger partial charge in [0.15, 0.2) is 0 Å². The highest BCUT2D eigenvalue weighted by atomic mass is 79.9. The van der Waals surface area contributed by atoms with Gasteiger partial charge in [0.25, 0.3) is 0 Å². The quantitative estimate of drug-likeness (QED) is 0.902. The number of halogens is 1. The van der Waals surface area contributed by atoms with Crippen LogP contribution in [0, 0.1) is 5.41 Å². The van der Waals surface area contributed by atoms with E-state index in [-0.39, 0.29) is 11.5 Å². The average molecular weight is 304 g/mol. The Labute approximate surface area is 109 Å². The van der Waals surface area contributed by atoms with Crippen molar-refractivity contribution in [1.82, 2.24) is 0 Å². The van der Waals surface area contributed by atoms with E-state index >= 15 is 0 Å². The molecule has 1 aromatic rings. The fourth-order valence-corrected chi connectivity index (χ4v) is 4.24. The van der Waals surface area contributed by atoms with E-state index in [1.165, 1.54) is 11.3 Å². The van der Waals surface area contributed by atoms with Gasteiger partial charge in [-0.3, -0.25) is 0 Å². The highest BCUT2D eigenvalue weighted by molar-refractivity contribution is 9.11. The summed E-state index contributed by atoms with van der Waals surface area (Å²) in [5, 5.41) is 10.2. The van der Waals surface area contributed by atoms with Crippen molar-refractivity contribution in [3.05, 3.63) is 20.8 Å². The molecule has 0 saturated heterocycles. The van der Waals surface area contributed by atoms with Gasteiger partial charge in [-0.2, -0.15) is 0 Å². The minimum atomic E-state index is -0.230. The smallest absolute Gasteiger partial charge is 0.0701 e. The fraction of sp³-hybridized carbons (Fsp3) is 0.667. The minimum absolute atomic E-state index is 0.0808. The largest absolute Gasteiger partial charge is 0.392 e. The van der Waals surface area contributed by atoms with E-state index in [4.69, 9.17) is 5.73 Å². The van der Waals surface area contributed by atoms with Crippen LogP contribution < -0.4 is 5.73 Å². The molecule has 0 bridgehead atoms. The maximum atomic E-state index is 10.2. The van der Waals surface area contributed by atoms with E-state index in [0.717, 1.165) is 29.5 Å². The molecule has 2 rings (SSSR count). The molecule has 1 aromatic heterocycles. The number of nitrogens with two attached hydrogens (primary N) is 1. The third-order valence-corrected chi connectivity index (χ3v) is 5.29. The zero-order chi connectivity index (χ0) is 11.6. The molecular weight excluding hydrogens is 286 g/mol. The highest BCUT2D eigenvalue weighted by Gasteiger charge is 2.38. The second kappa shape index (κ2) is 5.17. The highest BCUT2D eigenvalue weighted by Crippen LogP contribution is 2.40. The van der Waals surface area contributed by atoms with Crippen molar-refractivity contribution in [2.24, 2.45) is 11.1 Å². The molecule has 1 heterocycles. The summed E-state index contributed by atoms with van der Waals surface area (Å²) >= 11 is 5.22. The summed E-state index contributed by atoms with van der Waals surface area (Å²) in [6.45, 7) is 0.587. The van der Waals surface area contributed by atoms with E-state index in [9.17, 15) is 5.11 Å². The Morgan fingerprint density at radius 2 is 2.31 bits per heavy atom. The summed E-state index contributed by atoms with van der Waals surface area (Å²) in [4.78, 5) is 1.32. The number of hydrogen-bond acceptors (Lipinski definition) is 3. The minimum Gasteiger partial charge on any atom is -0.392 e. The van der Waals surface area contributed by atoms with Gasteiger partial charge in [0.1, 0.15) is 0 Å². The number of aliphatic hydroxyl groups excluding tert-OH is 1. The molecule has 0 amide bonds. The predicted molar refractivity (Wildman–Crippen MR) is 71.7 cm³/mol. The number of hydrogen-bond donors (Lipinski definition) is 2. The topological polar surface area (TPSA) is 46.2 Å². The van der Waals surface area contributed by atoms with Crippen LogP contribution in [0.25, 0.3) is 0 Å². The summed E-state index contributed by atoms with van der Waals surface area (Å²) < 4.78 is 1.15. The Kier molecular flexibility index (Phi) is 4.06. The van der Waals surface area contributed by atoms with Gasteiger partial charge in [0.2, 0.25) is 0 Å². The van der Waals surface area contributed by atoms with E-state index in [1.54, 1.807) is 11.3 Å². The van der Waals surface area contributed by atoms with Crippen LogP contribution in [-0.2, 0) is 6.42 Å². The SMILES string of the molecule is NCC1(Cc2ccc(Br)s2)CCCCC1O. The Bertz CT molecular complexity index is 355. The molecule has 2 nitrogen and oxygen atoms in total. The van der Waals surface area contributed by atoms with Crippen molar-refractivity contribution in [1.29, 1.82) is 0 Å². The first-order valence-corrected chi connectivity index (χ1v) is 7.39. The normalized spacial score (nSPS) is 30.6. The maximum Gasteiger partial charge on any atom is 0.0701 e. The molecule has 16 heavy (non-hydrogen) atoms. The zero-order valence-electron chi connectivity index (χ0n) is 9.29. The summed E-state index contributed by atoms with van der Waals surface area (Å²) in [6.07, 6.45) is 4.98. The van der Waals surface area contributed by atoms with Gasteiger partial charge < -0.3 is 10.8 Å². The lowest BCUT2D eigenvalue weighted by Gasteiger charge is -2.40. The fourth-order valence-electron chi connectivity index (χ4n) is 2.60. The first-order chi connectivity index (χ1) is 7.66. The van der Waals surface area contributed by atoms with Crippen LogP contribution in [0.15, 0.2) is 15.9 Å². The van der Waals surface area contributed by atoms with Gasteiger partial charge in [0.05, 0.1) is 9.89 Å². The van der Waals surface area contributed by atoms with Gasteiger partial charge in [-0.25, -0.2) is 0 Å². The standard InChI is InChI=1S/C12H18BrNOS/c13-11-5-4-9(16-11)7-12(8-14)6-2-1-3-10(12)15/h4-5,10,15H,1-3,6-8,14H2. The number of aliphatic hydroxyl groups is 1. The maximum absolute atomic E-state index is 10.2. The van der Waals surface area contributed by atoms with Crippen LogP contribution in [0.5, 0.6) is 0 Å². The third kappa shape index (κ3) is 2.50.